The molecule has 0 saturated carbocycles. The lowest BCUT2D eigenvalue weighted by Crippen LogP contribution is -2.40. The zero-order chi connectivity index (χ0) is 20.0. The van der Waals surface area contributed by atoms with Crippen molar-refractivity contribution in [3.05, 3.63) is 29.8 Å². The van der Waals surface area contributed by atoms with Crippen molar-refractivity contribution in [1.29, 1.82) is 0 Å². The van der Waals surface area contributed by atoms with Crippen LogP contribution in [0.5, 0.6) is 0 Å². The van der Waals surface area contributed by atoms with Crippen LogP contribution in [-0.4, -0.2) is 63.6 Å². The minimum Gasteiger partial charge on any atom is -0.452 e. The van der Waals surface area contributed by atoms with Gasteiger partial charge < -0.3 is 14.8 Å². The van der Waals surface area contributed by atoms with Crippen molar-refractivity contribution >= 4 is 21.9 Å². The van der Waals surface area contributed by atoms with E-state index in [-0.39, 0.29) is 34.9 Å². The van der Waals surface area contributed by atoms with Gasteiger partial charge in [-0.15, -0.1) is 0 Å². The minimum absolute atomic E-state index is 0.0270. The Hall–Kier alpha value is -1.97. The van der Waals surface area contributed by atoms with Gasteiger partial charge in [-0.25, -0.2) is 13.2 Å². The summed E-state index contributed by atoms with van der Waals surface area (Å²) in [6, 6.07) is 5.46. The number of hydrogen-bond donors (Lipinski definition) is 1. The number of esters is 1. The number of hydrogen-bond acceptors (Lipinski definition) is 6. The SMILES string of the molecule is CC(C)[C@@H](C)NC(=O)COC(=O)c1ccc(S(=O)(=O)N2CCOCC2)cc1. The summed E-state index contributed by atoms with van der Waals surface area (Å²) in [6.45, 7) is 6.77. The predicted octanol–water partition coefficient (Wildman–Crippen LogP) is 1.03. The van der Waals surface area contributed by atoms with Crippen LogP contribution in [0.15, 0.2) is 29.2 Å². The number of morpholine rings is 1. The molecule has 1 saturated heterocycles. The van der Waals surface area contributed by atoms with Crippen molar-refractivity contribution in [3.63, 3.8) is 0 Å². The molecule has 27 heavy (non-hydrogen) atoms. The van der Waals surface area contributed by atoms with Gasteiger partial charge in [-0.05, 0) is 37.1 Å². The fourth-order valence-corrected chi connectivity index (χ4v) is 3.78. The molecule has 2 rings (SSSR count). The largest absolute Gasteiger partial charge is 0.452 e. The van der Waals surface area contributed by atoms with Crippen LogP contribution in [-0.2, 0) is 24.3 Å². The summed E-state index contributed by atoms with van der Waals surface area (Å²) < 4.78 is 36.6. The third-order valence-corrected chi connectivity index (χ3v) is 6.33. The van der Waals surface area contributed by atoms with Crippen LogP contribution >= 0.6 is 0 Å². The molecule has 0 unspecified atom stereocenters. The zero-order valence-electron chi connectivity index (χ0n) is 15.8. The van der Waals surface area contributed by atoms with E-state index in [0.29, 0.717) is 26.3 Å². The van der Waals surface area contributed by atoms with Gasteiger partial charge in [-0.3, -0.25) is 4.79 Å². The Balaban J connectivity index is 1.94. The highest BCUT2D eigenvalue weighted by molar-refractivity contribution is 7.89. The van der Waals surface area contributed by atoms with Crippen LogP contribution in [0.1, 0.15) is 31.1 Å². The second-order valence-electron chi connectivity index (χ2n) is 6.72. The highest BCUT2D eigenvalue weighted by atomic mass is 32.2. The minimum atomic E-state index is -3.61. The molecule has 0 spiro atoms. The van der Waals surface area contributed by atoms with Crippen molar-refractivity contribution in [2.45, 2.75) is 31.7 Å². The molecule has 1 heterocycles. The lowest BCUT2D eigenvalue weighted by Gasteiger charge is -2.26. The molecule has 8 nitrogen and oxygen atoms in total. The number of nitrogens with one attached hydrogen (secondary N) is 1. The monoisotopic (exact) mass is 398 g/mol. The predicted molar refractivity (Wildman–Crippen MR) is 98.7 cm³/mol. The molecule has 150 valence electrons. The Kier molecular flexibility index (Phi) is 7.34. The molecule has 1 aliphatic heterocycles. The van der Waals surface area contributed by atoms with Crippen LogP contribution in [0.3, 0.4) is 0 Å². The number of sulfonamides is 1. The molecule has 1 aliphatic rings. The Labute approximate surface area is 159 Å². The van der Waals surface area contributed by atoms with E-state index >= 15 is 0 Å². The molecule has 0 radical (unpaired) electrons. The van der Waals surface area contributed by atoms with Crippen molar-refractivity contribution in [1.82, 2.24) is 9.62 Å². The number of nitrogens with zero attached hydrogens (tertiary/aromatic N) is 1. The standard InChI is InChI=1S/C18H26N2O6S/c1-13(2)14(3)19-17(21)12-26-18(22)15-4-6-16(7-5-15)27(23,24)20-8-10-25-11-9-20/h4-7,13-14H,8-12H2,1-3H3,(H,19,21)/t14-/m1/s1. The number of rotatable bonds is 7. The quantitative estimate of drug-likeness (QED) is 0.688. The van der Waals surface area contributed by atoms with Gasteiger partial charge in [0.25, 0.3) is 5.91 Å². The van der Waals surface area contributed by atoms with E-state index in [2.05, 4.69) is 5.32 Å². The Morgan fingerprint density at radius 1 is 1.15 bits per heavy atom. The highest BCUT2D eigenvalue weighted by Crippen LogP contribution is 2.18. The van der Waals surface area contributed by atoms with Gasteiger partial charge >= 0.3 is 5.97 Å². The van der Waals surface area contributed by atoms with Gasteiger partial charge in [-0.2, -0.15) is 4.31 Å². The first-order valence-electron chi connectivity index (χ1n) is 8.86. The van der Waals surface area contributed by atoms with E-state index in [0.717, 1.165) is 0 Å². The van der Waals surface area contributed by atoms with E-state index in [1.165, 1.54) is 28.6 Å². The van der Waals surface area contributed by atoms with Crippen LogP contribution in [0.25, 0.3) is 0 Å². The smallest absolute Gasteiger partial charge is 0.338 e. The number of ether oxygens (including phenoxy) is 2. The van der Waals surface area contributed by atoms with Crippen LogP contribution in [0, 0.1) is 5.92 Å². The summed E-state index contributed by atoms with van der Waals surface area (Å²) in [7, 11) is -3.61. The first-order chi connectivity index (χ1) is 12.7. The number of carbonyl (C=O) groups is 2. The Morgan fingerprint density at radius 3 is 2.30 bits per heavy atom. The summed E-state index contributed by atoms with van der Waals surface area (Å²) in [5, 5.41) is 2.74. The highest BCUT2D eigenvalue weighted by Gasteiger charge is 2.26. The van der Waals surface area contributed by atoms with Crippen LogP contribution in [0.2, 0.25) is 0 Å². The maximum absolute atomic E-state index is 12.5. The van der Waals surface area contributed by atoms with Gasteiger partial charge in [-0.1, -0.05) is 13.8 Å². The summed E-state index contributed by atoms with van der Waals surface area (Å²) in [5.41, 5.74) is 0.181. The molecular weight excluding hydrogens is 372 g/mol. The molecule has 1 N–H and O–H groups in total. The zero-order valence-corrected chi connectivity index (χ0v) is 16.6. The maximum atomic E-state index is 12.5. The third kappa shape index (κ3) is 5.75. The lowest BCUT2D eigenvalue weighted by atomic mass is 10.1. The number of amides is 1. The fraction of sp³-hybridized carbons (Fsp3) is 0.556. The molecule has 1 aromatic rings. The third-order valence-electron chi connectivity index (χ3n) is 4.42. The van der Waals surface area contributed by atoms with Crippen molar-refractivity contribution in [2.75, 3.05) is 32.9 Å². The lowest BCUT2D eigenvalue weighted by molar-refractivity contribution is -0.125. The molecule has 1 atom stereocenters. The van der Waals surface area contributed by atoms with Gasteiger partial charge in [0.05, 0.1) is 23.7 Å². The average molecular weight is 398 g/mol. The summed E-state index contributed by atoms with van der Waals surface area (Å²) >= 11 is 0. The summed E-state index contributed by atoms with van der Waals surface area (Å²) in [6.07, 6.45) is 0. The molecule has 9 heteroatoms. The normalized spacial score (nSPS) is 16.7. The van der Waals surface area contributed by atoms with Gasteiger partial charge in [0.2, 0.25) is 10.0 Å². The van der Waals surface area contributed by atoms with E-state index in [1.807, 2.05) is 20.8 Å². The average Bonchev–Trinajstić information content (AvgIpc) is 2.66. The summed E-state index contributed by atoms with van der Waals surface area (Å²) in [5.74, 6) is -0.792. The van der Waals surface area contributed by atoms with Crippen LogP contribution in [0.4, 0.5) is 0 Å². The fourth-order valence-electron chi connectivity index (χ4n) is 2.38. The Morgan fingerprint density at radius 2 is 1.74 bits per heavy atom. The van der Waals surface area contributed by atoms with E-state index < -0.39 is 16.0 Å². The number of carbonyl (C=O) groups excluding carboxylic acids is 2. The second-order valence-corrected chi connectivity index (χ2v) is 8.66. The molecule has 1 amide bonds. The maximum Gasteiger partial charge on any atom is 0.338 e. The van der Waals surface area contributed by atoms with E-state index in [1.54, 1.807) is 0 Å². The van der Waals surface area contributed by atoms with E-state index in [4.69, 9.17) is 9.47 Å². The van der Waals surface area contributed by atoms with Crippen molar-refractivity contribution in [3.8, 4) is 0 Å². The molecule has 0 bridgehead atoms. The van der Waals surface area contributed by atoms with E-state index in [9.17, 15) is 18.0 Å². The topological polar surface area (TPSA) is 102 Å². The van der Waals surface area contributed by atoms with Gasteiger partial charge in [0.1, 0.15) is 0 Å². The first kappa shape index (κ1) is 21.3. The molecule has 0 aliphatic carbocycles. The summed E-state index contributed by atoms with van der Waals surface area (Å²) in [4.78, 5) is 23.9. The van der Waals surface area contributed by atoms with Crippen LogP contribution < -0.4 is 5.32 Å². The molecule has 1 fully saturated rings. The molecule has 0 aromatic heterocycles. The van der Waals surface area contributed by atoms with Crippen molar-refractivity contribution in [2.24, 2.45) is 5.92 Å². The van der Waals surface area contributed by atoms with Crippen molar-refractivity contribution < 1.29 is 27.5 Å². The van der Waals surface area contributed by atoms with Gasteiger partial charge in [0.15, 0.2) is 6.61 Å². The molecular formula is C18H26N2O6S. The van der Waals surface area contributed by atoms with Gasteiger partial charge in [0, 0.05) is 19.1 Å². The number of benzene rings is 1. The first-order valence-corrected chi connectivity index (χ1v) is 10.3. The Bertz CT molecular complexity index is 755. The molecule has 1 aromatic carbocycles. The second kappa shape index (κ2) is 9.29.